The predicted molar refractivity (Wildman–Crippen MR) is 144 cm³/mol. The van der Waals surface area contributed by atoms with Crippen molar-refractivity contribution in [2.75, 3.05) is 39.3 Å². The minimum atomic E-state index is 1.37. The summed E-state index contributed by atoms with van der Waals surface area (Å²) in [4.78, 5) is 5.67. The molecule has 0 unspecified atom stereocenters. The van der Waals surface area contributed by atoms with Gasteiger partial charge in [0.25, 0.3) is 0 Å². The molecule has 3 heterocycles. The van der Waals surface area contributed by atoms with Gasteiger partial charge in [-0.25, -0.2) is 0 Å². The van der Waals surface area contributed by atoms with Crippen LogP contribution in [0.15, 0.2) is 0 Å². The monoisotopic (exact) mass is 448 g/mol. The van der Waals surface area contributed by atoms with Gasteiger partial charge in [0.2, 0.25) is 0 Å². The van der Waals surface area contributed by atoms with E-state index in [1.165, 1.54) is 193 Å². The first-order chi connectivity index (χ1) is 15.9. The molecule has 190 valence electrons. The van der Waals surface area contributed by atoms with Crippen molar-refractivity contribution in [3.63, 3.8) is 0 Å². The van der Waals surface area contributed by atoms with Crippen molar-refractivity contribution in [3.8, 4) is 0 Å². The highest BCUT2D eigenvalue weighted by Gasteiger charge is 2.07. The summed E-state index contributed by atoms with van der Waals surface area (Å²) in [5.74, 6) is 0. The molecule has 2 nitrogen and oxygen atoms in total. The molecule has 2 heteroatoms. The smallest absolute Gasteiger partial charge is 0.00187 e. The minimum Gasteiger partial charge on any atom is -0.303 e. The van der Waals surface area contributed by atoms with E-state index in [0.717, 1.165) is 0 Å². The maximum atomic E-state index is 2.84. The van der Waals surface area contributed by atoms with Gasteiger partial charge in [0.15, 0.2) is 0 Å². The van der Waals surface area contributed by atoms with E-state index in [4.69, 9.17) is 0 Å². The standard InChI is InChI=1S/C30H60N2/c1-2-8-14-20-26-32-29-23-17-11-5-3-9-15-21-27-31(25-19-13-7-1)28-22-16-10-4-6-12-18-24-30-32/h1-30H2. The number of hydrogen-bond acceptors (Lipinski definition) is 2. The Morgan fingerprint density at radius 2 is 0.281 bits per heavy atom. The van der Waals surface area contributed by atoms with Crippen molar-refractivity contribution in [1.29, 1.82) is 0 Å². The summed E-state index contributed by atoms with van der Waals surface area (Å²) >= 11 is 0. The Bertz CT molecular complexity index is 290. The third kappa shape index (κ3) is 16.5. The molecule has 3 aliphatic heterocycles. The molecule has 0 spiro atoms. The summed E-state index contributed by atoms with van der Waals surface area (Å²) in [6.07, 6.45) is 35.1. The summed E-state index contributed by atoms with van der Waals surface area (Å²) in [7, 11) is 0. The fourth-order valence-corrected chi connectivity index (χ4v) is 5.87. The second-order valence-corrected chi connectivity index (χ2v) is 11.2. The second-order valence-electron chi connectivity index (χ2n) is 11.2. The highest BCUT2D eigenvalue weighted by molar-refractivity contribution is 4.63. The molecule has 0 N–H and O–H groups in total. The average Bonchev–Trinajstić information content (AvgIpc) is 2.80. The van der Waals surface area contributed by atoms with Gasteiger partial charge in [-0.15, -0.1) is 0 Å². The van der Waals surface area contributed by atoms with Gasteiger partial charge in [-0.3, -0.25) is 0 Å². The Kier molecular flexibility index (Phi) is 18.9. The molecule has 3 saturated heterocycles. The lowest BCUT2D eigenvalue weighted by molar-refractivity contribution is 0.250. The summed E-state index contributed by atoms with van der Waals surface area (Å²) in [6.45, 7) is 8.23. The van der Waals surface area contributed by atoms with Crippen LogP contribution in [0.5, 0.6) is 0 Å². The maximum Gasteiger partial charge on any atom is -0.00187 e. The van der Waals surface area contributed by atoms with Gasteiger partial charge in [-0.1, -0.05) is 116 Å². The van der Waals surface area contributed by atoms with Gasteiger partial charge >= 0.3 is 0 Å². The molecule has 3 aliphatic rings. The highest BCUT2D eigenvalue weighted by Crippen LogP contribution is 2.15. The second kappa shape index (κ2) is 21.5. The minimum absolute atomic E-state index is 1.37. The van der Waals surface area contributed by atoms with E-state index < -0.39 is 0 Å². The van der Waals surface area contributed by atoms with E-state index in [2.05, 4.69) is 9.80 Å². The summed E-state index contributed by atoms with van der Waals surface area (Å²) in [5.41, 5.74) is 0. The average molecular weight is 449 g/mol. The quantitative estimate of drug-likeness (QED) is 0.365. The SMILES string of the molecule is C1CCCCCN2CCCCCCCCCCN(CCCC1)CCCCCCCCCC2. The van der Waals surface area contributed by atoms with Gasteiger partial charge in [-0.2, -0.15) is 0 Å². The third-order valence-electron chi connectivity index (χ3n) is 8.10. The lowest BCUT2D eigenvalue weighted by atomic mass is 10.0. The van der Waals surface area contributed by atoms with E-state index >= 15 is 0 Å². The first-order valence-electron chi connectivity index (χ1n) is 15.4. The van der Waals surface area contributed by atoms with Crippen LogP contribution in [0.2, 0.25) is 0 Å². The zero-order valence-corrected chi connectivity index (χ0v) is 22.1. The van der Waals surface area contributed by atoms with Crippen molar-refractivity contribution in [2.45, 2.75) is 154 Å². The summed E-state index contributed by atoms with van der Waals surface area (Å²) < 4.78 is 0. The molecular formula is C30H60N2. The fraction of sp³-hybridized carbons (Fsp3) is 1.00. The molecular weight excluding hydrogens is 388 g/mol. The zero-order valence-electron chi connectivity index (χ0n) is 22.1. The van der Waals surface area contributed by atoms with E-state index in [-0.39, 0.29) is 0 Å². The Hall–Kier alpha value is -0.0800. The molecule has 0 saturated carbocycles. The molecule has 0 aromatic heterocycles. The van der Waals surface area contributed by atoms with E-state index in [1.54, 1.807) is 0 Å². The van der Waals surface area contributed by atoms with Crippen molar-refractivity contribution >= 4 is 0 Å². The van der Waals surface area contributed by atoms with Crippen molar-refractivity contribution in [3.05, 3.63) is 0 Å². The van der Waals surface area contributed by atoms with Crippen LogP contribution in [0.25, 0.3) is 0 Å². The topological polar surface area (TPSA) is 6.48 Å². The molecule has 2 bridgehead atoms. The molecule has 3 rings (SSSR count). The Morgan fingerprint density at radius 3 is 0.438 bits per heavy atom. The first kappa shape index (κ1) is 28.2. The van der Waals surface area contributed by atoms with Gasteiger partial charge in [-0.05, 0) is 77.8 Å². The van der Waals surface area contributed by atoms with Gasteiger partial charge in [0.05, 0.1) is 0 Å². The molecule has 0 aromatic carbocycles. The van der Waals surface area contributed by atoms with Gasteiger partial charge in [0.1, 0.15) is 0 Å². The van der Waals surface area contributed by atoms with Gasteiger partial charge in [0, 0.05) is 0 Å². The molecule has 0 aliphatic carbocycles. The lowest BCUT2D eigenvalue weighted by Gasteiger charge is -2.23. The van der Waals surface area contributed by atoms with Crippen LogP contribution in [0.3, 0.4) is 0 Å². The van der Waals surface area contributed by atoms with Crippen LogP contribution in [0, 0.1) is 0 Å². The van der Waals surface area contributed by atoms with Crippen LogP contribution in [-0.2, 0) is 0 Å². The summed E-state index contributed by atoms with van der Waals surface area (Å²) in [5, 5.41) is 0. The maximum absolute atomic E-state index is 2.84. The molecule has 32 heavy (non-hydrogen) atoms. The van der Waals surface area contributed by atoms with Crippen molar-refractivity contribution in [1.82, 2.24) is 9.80 Å². The molecule has 0 radical (unpaired) electrons. The Balaban J connectivity index is 1.86. The van der Waals surface area contributed by atoms with Crippen LogP contribution in [-0.4, -0.2) is 49.1 Å². The number of fused-ring (bicyclic) bond motifs is 27. The molecule has 0 amide bonds. The molecule has 3 fully saturated rings. The van der Waals surface area contributed by atoms with Crippen molar-refractivity contribution < 1.29 is 0 Å². The van der Waals surface area contributed by atoms with Gasteiger partial charge < -0.3 is 9.80 Å². The largest absolute Gasteiger partial charge is 0.303 e. The Labute approximate surface area is 203 Å². The van der Waals surface area contributed by atoms with Crippen molar-refractivity contribution in [2.24, 2.45) is 0 Å². The fourth-order valence-electron chi connectivity index (χ4n) is 5.87. The number of rotatable bonds is 0. The molecule has 0 atom stereocenters. The normalized spacial score (nSPS) is 29.2. The Morgan fingerprint density at radius 1 is 0.156 bits per heavy atom. The lowest BCUT2D eigenvalue weighted by Crippen LogP contribution is -2.27. The van der Waals surface area contributed by atoms with E-state index in [1.807, 2.05) is 0 Å². The van der Waals surface area contributed by atoms with E-state index in [9.17, 15) is 0 Å². The zero-order chi connectivity index (χ0) is 22.4. The van der Waals surface area contributed by atoms with Crippen LogP contribution in [0.1, 0.15) is 154 Å². The first-order valence-corrected chi connectivity index (χ1v) is 15.4. The van der Waals surface area contributed by atoms with Crippen LogP contribution < -0.4 is 0 Å². The van der Waals surface area contributed by atoms with Crippen LogP contribution in [0.4, 0.5) is 0 Å². The van der Waals surface area contributed by atoms with Crippen LogP contribution >= 0.6 is 0 Å². The third-order valence-corrected chi connectivity index (χ3v) is 8.10. The summed E-state index contributed by atoms with van der Waals surface area (Å²) in [6, 6.07) is 0. The number of hydrogen-bond donors (Lipinski definition) is 0. The molecule has 0 aromatic rings. The predicted octanol–water partition coefficient (Wildman–Crippen LogP) is 8.98. The highest BCUT2D eigenvalue weighted by atomic mass is 15.1. The van der Waals surface area contributed by atoms with E-state index in [0.29, 0.717) is 0 Å². The number of nitrogens with zero attached hydrogens (tertiary/aromatic N) is 2.